The van der Waals surface area contributed by atoms with Gasteiger partial charge in [0, 0.05) is 6.04 Å². The maximum Gasteiger partial charge on any atom is 0.0164 e. The monoisotopic (exact) mass is 217 g/mol. The molecule has 1 saturated heterocycles. The van der Waals surface area contributed by atoms with Crippen LogP contribution >= 0.6 is 0 Å². The summed E-state index contributed by atoms with van der Waals surface area (Å²) in [6, 6.07) is 11.7. The molecule has 1 aromatic rings. The van der Waals surface area contributed by atoms with E-state index in [1.165, 1.54) is 31.4 Å². The first kappa shape index (κ1) is 11.7. The largest absolute Gasteiger partial charge is 0.313 e. The van der Waals surface area contributed by atoms with Crippen LogP contribution < -0.4 is 5.32 Å². The van der Waals surface area contributed by atoms with Gasteiger partial charge in [-0.2, -0.15) is 0 Å². The van der Waals surface area contributed by atoms with Crippen molar-refractivity contribution in [2.24, 2.45) is 5.92 Å². The molecule has 1 heteroatoms. The molecular formula is C15H23N. The summed E-state index contributed by atoms with van der Waals surface area (Å²) in [5.41, 5.74) is 1.50. The van der Waals surface area contributed by atoms with E-state index in [0.29, 0.717) is 12.0 Å². The molecule has 0 radical (unpaired) electrons. The second-order valence-corrected chi connectivity index (χ2v) is 4.86. The summed E-state index contributed by atoms with van der Waals surface area (Å²) in [4.78, 5) is 0. The third kappa shape index (κ3) is 2.30. The minimum Gasteiger partial charge on any atom is -0.313 e. The van der Waals surface area contributed by atoms with E-state index in [1.54, 1.807) is 0 Å². The van der Waals surface area contributed by atoms with Crippen molar-refractivity contribution >= 4 is 0 Å². The summed E-state index contributed by atoms with van der Waals surface area (Å²) in [6.45, 7) is 5.83. The molecule has 0 aliphatic carbocycles. The van der Waals surface area contributed by atoms with Gasteiger partial charge in [0.15, 0.2) is 0 Å². The van der Waals surface area contributed by atoms with Gasteiger partial charge in [0.1, 0.15) is 0 Å². The third-order valence-corrected chi connectivity index (χ3v) is 4.03. The van der Waals surface area contributed by atoms with E-state index in [0.717, 1.165) is 5.92 Å². The first-order chi connectivity index (χ1) is 7.86. The van der Waals surface area contributed by atoms with Gasteiger partial charge in [-0.05, 0) is 36.8 Å². The highest BCUT2D eigenvalue weighted by Crippen LogP contribution is 2.33. The van der Waals surface area contributed by atoms with Crippen LogP contribution in [0.3, 0.4) is 0 Å². The van der Waals surface area contributed by atoms with Crippen LogP contribution in [0.5, 0.6) is 0 Å². The van der Waals surface area contributed by atoms with E-state index >= 15 is 0 Å². The van der Waals surface area contributed by atoms with Crippen LogP contribution in [0.25, 0.3) is 0 Å². The zero-order chi connectivity index (χ0) is 11.4. The standard InChI is InChI=1S/C15H23N/c1-3-12-10-11-16-15(12)14(4-2)13-8-6-5-7-9-13/h5-9,12,14-16H,3-4,10-11H2,1-2H3/t12-,14-,15+/m1/s1. The lowest BCUT2D eigenvalue weighted by Gasteiger charge is -2.28. The van der Waals surface area contributed by atoms with Crippen LogP contribution in [0.15, 0.2) is 30.3 Å². The number of hydrogen-bond donors (Lipinski definition) is 1. The van der Waals surface area contributed by atoms with Crippen LogP contribution in [0.1, 0.15) is 44.6 Å². The lowest BCUT2D eigenvalue weighted by Crippen LogP contribution is -2.33. The van der Waals surface area contributed by atoms with Crippen LogP contribution in [0.2, 0.25) is 0 Å². The minimum atomic E-state index is 0.689. The Morgan fingerprint density at radius 2 is 2.00 bits per heavy atom. The van der Waals surface area contributed by atoms with Gasteiger partial charge in [-0.25, -0.2) is 0 Å². The van der Waals surface area contributed by atoms with Crippen molar-refractivity contribution in [1.29, 1.82) is 0 Å². The topological polar surface area (TPSA) is 12.0 Å². The van der Waals surface area contributed by atoms with Crippen molar-refractivity contribution in [2.75, 3.05) is 6.54 Å². The molecule has 1 N–H and O–H groups in total. The molecule has 1 aromatic carbocycles. The van der Waals surface area contributed by atoms with Gasteiger partial charge in [0.25, 0.3) is 0 Å². The molecule has 3 atom stereocenters. The maximum atomic E-state index is 3.71. The Bertz CT molecular complexity index is 306. The Kier molecular flexibility index (Phi) is 4.00. The normalized spacial score (nSPS) is 26.9. The Morgan fingerprint density at radius 1 is 1.25 bits per heavy atom. The molecular weight excluding hydrogens is 194 g/mol. The van der Waals surface area contributed by atoms with Crippen LogP contribution in [-0.2, 0) is 0 Å². The molecule has 0 unspecified atom stereocenters. The van der Waals surface area contributed by atoms with E-state index in [9.17, 15) is 0 Å². The molecule has 0 aromatic heterocycles. The fourth-order valence-corrected chi connectivity index (χ4v) is 3.11. The Balaban J connectivity index is 2.16. The number of rotatable bonds is 4. The molecule has 0 spiro atoms. The Hall–Kier alpha value is -0.820. The smallest absolute Gasteiger partial charge is 0.0164 e. The summed E-state index contributed by atoms with van der Waals surface area (Å²) in [6.07, 6.45) is 3.89. The summed E-state index contributed by atoms with van der Waals surface area (Å²) in [5.74, 6) is 1.55. The fourth-order valence-electron chi connectivity index (χ4n) is 3.11. The predicted octanol–water partition coefficient (Wildman–Crippen LogP) is 3.57. The van der Waals surface area contributed by atoms with Gasteiger partial charge in [-0.3, -0.25) is 0 Å². The second kappa shape index (κ2) is 5.49. The van der Waals surface area contributed by atoms with Crippen molar-refractivity contribution in [1.82, 2.24) is 5.32 Å². The SMILES string of the molecule is CC[C@@H]1CCN[C@@H]1[C@H](CC)c1ccccc1. The van der Waals surface area contributed by atoms with Crippen molar-refractivity contribution in [3.63, 3.8) is 0 Å². The van der Waals surface area contributed by atoms with E-state index in [4.69, 9.17) is 0 Å². The van der Waals surface area contributed by atoms with Crippen LogP contribution in [0, 0.1) is 5.92 Å². The zero-order valence-corrected chi connectivity index (χ0v) is 10.4. The average Bonchev–Trinajstić information content (AvgIpc) is 2.80. The first-order valence-electron chi connectivity index (χ1n) is 6.65. The van der Waals surface area contributed by atoms with Crippen LogP contribution in [-0.4, -0.2) is 12.6 Å². The summed E-state index contributed by atoms with van der Waals surface area (Å²) < 4.78 is 0. The lowest BCUT2D eigenvalue weighted by atomic mass is 9.82. The summed E-state index contributed by atoms with van der Waals surface area (Å²) in [5, 5.41) is 3.71. The molecule has 1 aliphatic rings. The van der Waals surface area contributed by atoms with E-state index in [-0.39, 0.29) is 0 Å². The summed E-state index contributed by atoms with van der Waals surface area (Å²) >= 11 is 0. The third-order valence-electron chi connectivity index (χ3n) is 4.03. The first-order valence-corrected chi connectivity index (χ1v) is 6.65. The highest BCUT2D eigenvalue weighted by molar-refractivity contribution is 5.22. The van der Waals surface area contributed by atoms with Gasteiger partial charge in [0.2, 0.25) is 0 Å². The number of nitrogens with one attached hydrogen (secondary N) is 1. The van der Waals surface area contributed by atoms with Crippen molar-refractivity contribution < 1.29 is 0 Å². The molecule has 1 aliphatic heterocycles. The molecule has 1 fully saturated rings. The molecule has 0 amide bonds. The predicted molar refractivity (Wildman–Crippen MR) is 69.7 cm³/mol. The summed E-state index contributed by atoms with van der Waals surface area (Å²) in [7, 11) is 0. The highest BCUT2D eigenvalue weighted by atomic mass is 15.0. The highest BCUT2D eigenvalue weighted by Gasteiger charge is 2.31. The molecule has 16 heavy (non-hydrogen) atoms. The molecule has 1 heterocycles. The molecule has 88 valence electrons. The lowest BCUT2D eigenvalue weighted by molar-refractivity contribution is 0.367. The number of hydrogen-bond acceptors (Lipinski definition) is 1. The zero-order valence-electron chi connectivity index (χ0n) is 10.4. The molecule has 2 rings (SSSR count). The van der Waals surface area contributed by atoms with Gasteiger partial charge < -0.3 is 5.32 Å². The van der Waals surface area contributed by atoms with Crippen LogP contribution in [0.4, 0.5) is 0 Å². The Labute approximate surface area is 99.3 Å². The van der Waals surface area contributed by atoms with E-state index in [1.807, 2.05) is 0 Å². The second-order valence-electron chi connectivity index (χ2n) is 4.86. The van der Waals surface area contributed by atoms with Crippen molar-refractivity contribution in [3.8, 4) is 0 Å². The van der Waals surface area contributed by atoms with E-state index in [2.05, 4.69) is 49.5 Å². The van der Waals surface area contributed by atoms with Gasteiger partial charge in [-0.1, -0.05) is 50.6 Å². The molecule has 1 nitrogen and oxygen atoms in total. The van der Waals surface area contributed by atoms with Gasteiger partial charge >= 0.3 is 0 Å². The Morgan fingerprint density at radius 3 is 2.62 bits per heavy atom. The van der Waals surface area contributed by atoms with E-state index < -0.39 is 0 Å². The molecule has 0 saturated carbocycles. The average molecular weight is 217 g/mol. The maximum absolute atomic E-state index is 3.71. The van der Waals surface area contributed by atoms with Gasteiger partial charge in [0.05, 0.1) is 0 Å². The molecule has 0 bridgehead atoms. The fraction of sp³-hybridized carbons (Fsp3) is 0.600. The van der Waals surface area contributed by atoms with Gasteiger partial charge in [-0.15, -0.1) is 0 Å². The number of benzene rings is 1. The van der Waals surface area contributed by atoms with Crippen molar-refractivity contribution in [2.45, 2.75) is 45.1 Å². The quantitative estimate of drug-likeness (QED) is 0.813. The minimum absolute atomic E-state index is 0.689. The van der Waals surface area contributed by atoms with Crippen molar-refractivity contribution in [3.05, 3.63) is 35.9 Å².